The number of carbonyl (C=O) groups excluding carboxylic acids is 1. The number of nitrogens with one attached hydrogen (secondary N) is 1. The molecule has 0 unspecified atom stereocenters. The van der Waals surface area contributed by atoms with E-state index in [1.165, 1.54) is 36.0 Å². The third-order valence-corrected chi connectivity index (χ3v) is 3.12. The van der Waals surface area contributed by atoms with Crippen LogP contribution in [-0.4, -0.2) is 25.5 Å². The molecule has 0 fully saturated rings. The molecule has 1 N–H and O–H groups in total. The quantitative estimate of drug-likeness (QED) is 0.661. The van der Waals surface area contributed by atoms with Gasteiger partial charge in [0.1, 0.15) is 18.4 Å². The summed E-state index contributed by atoms with van der Waals surface area (Å²) in [5, 5.41) is 27.9. The Morgan fingerprint density at radius 2 is 1.96 bits per heavy atom. The number of hydrogen-bond donors (Lipinski definition) is 1. The van der Waals surface area contributed by atoms with Crippen molar-refractivity contribution in [2.45, 2.75) is 20.4 Å². The zero-order valence-corrected chi connectivity index (χ0v) is 12.3. The van der Waals surface area contributed by atoms with E-state index in [-0.39, 0.29) is 23.6 Å². The van der Waals surface area contributed by atoms with Crippen molar-refractivity contribution in [3.8, 4) is 0 Å². The van der Waals surface area contributed by atoms with E-state index in [1.807, 2.05) is 0 Å². The second-order valence-corrected chi connectivity index (χ2v) is 4.86. The molecule has 1 amide bonds. The van der Waals surface area contributed by atoms with E-state index >= 15 is 0 Å². The third kappa shape index (κ3) is 3.67. The second-order valence-electron chi connectivity index (χ2n) is 4.86. The fraction of sp³-hybridized carbons (Fsp3) is 0.231. The Balaban J connectivity index is 2.09. The summed E-state index contributed by atoms with van der Waals surface area (Å²) in [6.07, 6.45) is 1.18. The molecule has 2 aromatic rings. The van der Waals surface area contributed by atoms with Crippen LogP contribution in [0.1, 0.15) is 11.3 Å². The molecule has 0 bridgehead atoms. The highest BCUT2D eigenvalue weighted by atomic mass is 16.6. The molecule has 0 radical (unpaired) electrons. The average molecular weight is 319 g/mol. The molecule has 0 aliphatic heterocycles. The monoisotopic (exact) mass is 319 g/mol. The van der Waals surface area contributed by atoms with Crippen LogP contribution in [0.5, 0.6) is 0 Å². The van der Waals surface area contributed by atoms with Gasteiger partial charge in [0.2, 0.25) is 5.91 Å². The lowest BCUT2D eigenvalue weighted by molar-refractivity contribution is -0.385. The Labute approximate surface area is 130 Å². The van der Waals surface area contributed by atoms with Crippen LogP contribution in [0.15, 0.2) is 24.4 Å². The lowest BCUT2D eigenvalue weighted by Gasteiger charge is -2.08. The molecule has 0 aliphatic carbocycles. The van der Waals surface area contributed by atoms with Crippen LogP contribution >= 0.6 is 0 Å². The molecule has 1 aromatic carbocycles. The maximum Gasteiger partial charge on any atom is 0.309 e. The van der Waals surface area contributed by atoms with Gasteiger partial charge in [0, 0.05) is 17.8 Å². The number of rotatable bonds is 5. The Hall–Kier alpha value is -3.30. The molecule has 0 aliphatic rings. The zero-order chi connectivity index (χ0) is 17.1. The molecule has 1 heterocycles. The SMILES string of the molecule is Cc1cc([N+](=O)[O-])ccc1NC(=O)Cn1cc([N+](=O)[O-])c(C)n1. The highest BCUT2D eigenvalue weighted by Crippen LogP contribution is 2.21. The van der Waals surface area contributed by atoms with Gasteiger partial charge in [-0.2, -0.15) is 5.10 Å². The van der Waals surface area contributed by atoms with Crippen molar-refractivity contribution < 1.29 is 14.6 Å². The first-order valence-corrected chi connectivity index (χ1v) is 6.51. The number of benzene rings is 1. The number of nitrogens with zero attached hydrogens (tertiary/aromatic N) is 4. The molecular weight excluding hydrogens is 306 g/mol. The topological polar surface area (TPSA) is 133 Å². The molecule has 1 aromatic heterocycles. The van der Waals surface area contributed by atoms with Crippen molar-refractivity contribution in [2.24, 2.45) is 0 Å². The Kier molecular flexibility index (Phi) is 4.35. The van der Waals surface area contributed by atoms with Crippen LogP contribution in [-0.2, 0) is 11.3 Å². The molecule has 0 spiro atoms. The van der Waals surface area contributed by atoms with Crippen LogP contribution in [0, 0.1) is 34.1 Å². The number of carbonyl (C=O) groups is 1. The van der Waals surface area contributed by atoms with E-state index in [2.05, 4.69) is 10.4 Å². The zero-order valence-electron chi connectivity index (χ0n) is 12.3. The van der Waals surface area contributed by atoms with Crippen molar-refractivity contribution in [3.63, 3.8) is 0 Å². The van der Waals surface area contributed by atoms with Crippen molar-refractivity contribution in [3.05, 3.63) is 55.9 Å². The lowest BCUT2D eigenvalue weighted by atomic mass is 10.2. The minimum Gasteiger partial charge on any atom is -0.324 e. The van der Waals surface area contributed by atoms with Gasteiger partial charge in [-0.3, -0.25) is 29.7 Å². The number of nitro benzene ring substituents is 1. The summed E-state index contributed by atoms with van der Waals surface area (Å²) in [7, 11) is 0. The fourth-order valence-electron chi connectivity index (χ4n) is 2.01. The summed E-state index contributed by atoms with van der Waals surface area (Å²) in [6, 6.07) is 4.06. The van der Waals surface area contributed by atoms with Crippen LogP contribution in [0.25, 0.3) is 0 Å². The molecule has 0 saturated heterocycles. The lowest BCUT2D eigenvalue weighted by Crippen LogP contribution is -2.19. The molecular formula is C13H13N5O5. The number of hydrogen-bond acceptors (Lipinski definition) is 6. The van der Waals surface area contributed by atoms with Gasteiger partial charge >= 0.3 is 5.69 Å². The molecule has 0 atom stereocenters. The summed E-state index contributed by atoms with van der Waals surface area (Å²) < 4.78 is 1.17. The van der Waals surface area contributed by atoms with Gasteiger partial charge in [-0.05, 0) is 25.5 Å². The van der Waals surface area contributed by atoms with E-state index in [9.17, 15) is 25.0 Å². The number of aryl methyl sites for hydroxylation is 2. The van der Waals surface area contributed by atoms with Crippen molar-refractivity contribution >= 4 is 23.0 Å². The van der Waals surface area contributed by atoms with E-state index < -0.39 is 15.8 Å². The first-order chi connectivity index (χ1) is 10.8. The van der Waals surface area contributed by atoms with Gasteiger partial charge in [0.25, 0.3) is 5.69 Å². The largest absolute Gasteiger partial charge is 0.324 e. The molecule has 10 nitrogen and oxygen atoms in total. The van der Waals surface area contributed by atoms with Gasteiger partial charge in [-0.1, -0.05) is 0 Å². The Morgan fingerprint density at radius 1 is 1.26 bits per heavy atom. The summed E-state index contributed by atoms with van der Waals surface area (Å²) in [6.45, 7) is 2.91. The highest BCUT2D eigenvalue weighted by Gasteiger charge is 2.17. The number of non-ortho nitro benzene ring substituents is 1. The predicted molar refractivity (Wildman–Crippen MR) is 80.1 cm³/mol. The maximum atomic E-state index is 12.0. The van der Waals surface area contributed by atoms with Crippen LogP contribution < -0.4 is 5.32 Å². The number of aromatic nitrogens is 2. The smallest absolute Gasteiger partial charge is 0.309 e. The molecule has 2 rings (SSSR count). The van der Waals surface area contributed by atoms with Gasteiger partial charge in [0.15, 0.2) is 0 Å². The van der Waals surface area contributed by atoms with Crippen molar-refractivity contribution in [2.75, 3.05) is 5.32 Å². The maximum absolute atomic E-state index is 12.0. The number of amides is 1. The first-order valence-electron chi connectivity index (χ1n) is 6.51. The van der Waals surface area contributed by atoms with Crippen molar-refractivity contribution in [1.82, 2.24) is 9.78 Å². The third-order valence-electron chi connectivity index (χ3n) is 3.12. The van der Waals surface area contributed by atoms with Crippen LogP contribution in [0.3, 0.4) is 0 Å². The fourth-order valence-corrected chi connectivity index (χ4v) is 2.01. The molecule has 0 saturated carbocycles. The highest BCUT2D eigenvalue weighted by molar-refractivity contribution is 5.91. The van der Waals surface area contributed by atoms with E-state index in [0.717, 1.165) is 0 Å². The van der Waals surface area contributed by atoms with Gasteiger partial charge in [-0.25, -0.2) is 0 Å². The summed E-state index contributed by atoms with van der Waals surface area (Å²) in [5.41, 5.74) is 0.951. The summed E-state index contributed by atoms with van der Waals surface area (Å²) in [5.74, 6) is -0.445. The molecule has 23 heavy (non-hydrogen) atoms. The van der Waals surface area contributed by atoms with Crippen LogP contribution in [0.4, 0.5) is 17.1 Å². The minimum atomic E-state index is -0.572. The minimum absolute atomic E-state index is 0.0705. The molecule has 120 valence electrons. The normalized spacial score (nSPS) is 10.3. The van der Waals surface area contributed by atoms with Gasteiger partial charge in [0.05, 0.1) is 9.85 Å². The number of anilines is 1. The predicted octanol–water partition coefficient (Wildman–Crippen LogP) is 1.96. The average Bonchev–Trinajstić information content (AvgIpc) is 2.81. The van der Waals surface area contributed by atoms with Crippen LogP contribution in [0.2, 0.25) is 0 Å². The summed E-state index contributed by atoms with van der Waals surface area (Å²) in [4.78, 5) is 32.3. The second kappa shape index (κ2) is 6.22. The van der Waals surface area contributed by atoms with Gasteiger partial charge < -0.3 is 5.32 Å². The Bertz CT molecular complexity index is 798. The van der Waals surface area contributed by atoms with Gasteiger partial charge in [-0.15, -0.1) is 0 Å². The van der Waals surface area contributed by atoms with Crippen molar-refractivity contribution in [1.29, 1.82) is 0 Å². The van der Waals surface area contributed by atoms with E-state index in [0.29, 0.717) is 11.3 Å². The summed E-state index contributed by atoms with van der Waals surface area (Å²) >= 11 is 0. The first kappa shape index (κ1) is 16.1. The van der Waals surface area contributed by atoms with E-state index in [4.69, 9.17) is 0 Å². The molecule has 10 heteroatoms. The van der Waals surface area contributed by atoms with E-state index in [1.54, 1.807) is 6.92 Å². The standard InChI is InChI=1S/C13H13N5O5/c1-8-5-10(17(20)21)3-4-11(8)14-13(19)7-16-6-12(18(22)23)9(2)15-16/h3-6H,7H2,1-2H3,(H,14,19). The Morgan fingerprint density at radius 3 is 2.48 bits per heavy atom. The number of nitro groups is 2.